The highest BCUT2D eigenvalue weighted by atomic mass is 31.1. The second-order valence-electron chi connectivity index (χ2n) is 4.18. The minimum absolute atomic E-state index is 0.213. The van der Waals surface area contributed by atoms with Gasteiger partial charge in [-0.05, 0) is 6.42 Å². The van der Waals surface area contributed by atoms with Crippen LogP contribution in [0.2, 0.25) is 0 Å². The molecule has 0 aromatic heterocycles. The van der Waals surface area contributed by atoms with Crippen molar-refractivity contribution in [1.29, 1.82) is 0 Å². The predicted octanol–water partition coefficient (Wildman–Crippen LogP) is 3.87. The van der Waals surface area contributed by atoms with E-state index in [0.717, 1.165) is 32.6 Å². The summed E-state index contributed by atoms with van der Waals surface area (Å²) >= 11 is 0. The van der Waals surface area contributed by atoms with Crippen molar-refractivity contribution in [2.24, 2.45) is 0 Å². The topological polar surface area (TPSA) is 6.48 Å². The molecule has 0 N–H and O–H groups in total. The molecular weight excluding hydrogens is 227 g/mol. The molecule has 17 heavy (non-hydrogen) atoms. The van der Waals surface area contributed by atoms with Gasteiger partial charge >= 0.3 is 0 Å². The molecule has 0 spiro atoms. The lowest BCUT2D eigenvalue weighted by molar-refractivity contribution is 0.421. The lowest BCUT2D eigenvalue weighted by Gasteiger charge is -2.41. The van der Waals surface area contributed by atoms with E-state index in [4.69, 9.17) is 0 Å². The van der Waals surface area contributed by atoms with E-state index >= 15 is 0 Å². The Labute approximate surface area is 108 Å². The normalized spacial score (nSPS) is 16.6. The van der Waals surface area contributed by atoms with Gasteiger partial charge in [-0.25, -0.2) is 0 Å². The van der Waals surface area contributed by atoms with E-state index in [1.54, 1.807) is 0 Å². The van der Waals surface area contributed by atoms with Gasteiger partial charge in [-0.2, -0.15) is 0 Å². The van der Waals surface area contributed by atoms with E-state index in [9.17, 15) is 0 Å². The van der Waals surface area contributed by atoms with E-state index in [1.807, 2.05) is 0 Å². The largest absolute Gasteiger partial charge is 0.270 e. The maximum absolute atomic E-state index is 2.63. The molecule has 0 atom stereocenters. The third-order valence-corrected chi connectivity index (χ3v) is 6.41. The lowest BCUT2D eigenvalue weighted by atomic mass is 10.2. The second-order valence-corrected chi connectivity index (χ2v) is 6.55. The first-order valence-corrected chi connectivity index (χ1v) is 8.22. The molecule has 0 unspecified atom stereocenters. The van der Waals surface area contributed by atoms with Crippen molar-refractivity contribution in [1.82, 2.24) is 9.34 Å². The highest BCUT2D eigenvalue weighted by Crippen LogP contribution is 2.50. The molecule has 0 aromatic rings. The molecule has 2 nitrogen and oxygen atoms in total. The fourth-order valence-electron chi connectivity index (χ4n) is 2.32. The minimum Gasteiger partial charge on any atom is -0.270 e. The Kier molecular flexibility index (Phi) is 7.03. The Hall–Kier alpha value is -0.170. The van der Waals surface area contributed by atoms with Crippen molar-refractivity contribution < 1.29 is 0 Å². The van der Waals surface area contributed by atoms with E-state index in [-0.39, 0.29) is 8.22 Å². The van der Waals surface area contributed by atoms with Crippen LogP contribution in [0.4, 0.5) is 0 Å². The first kappa shape index (κ1) is 14.9. The molecule has 0 aliphatic heterocycles. The van der Waals surface area contributed by atoms with Gasteiger partial charge in [0.25, 0.3) is 0 Å². The van der Waals surface area contributed by atoms with Crippen LogP contribution in [0, 0.1) is 0 Å². The minimum atomic E-state index is -0.213. The molecule has 0 bridgehead atoms. The number of nitrogens with zero attached hydrogens (tertiary/aromatic N) is 2. The summed E-state index contributed by atoms with van der Waals surface area (Å²) < 4.78 is 5.26. The molecule has 1 aliphatic rings. The lowest BCUT2D eigenvalue weighted by Crippen LogP contribution is -2.33. The molecule has 0 saturated heterocycles. The van der Waals surface area contributed by atoms with Crippen molar-refractivity contribution >= 4 is 8.22 Å². The smallest absolute Gasteiger partial charge is 0.0506 e. The van der Waals surface area contributed by atoms with E-state index in [1.165, 1.54) is 0 Å². The molecule has 0 heterocycles. The van der Waals surface area contributed by atoms with Gasteiger partial charge in [0.2, 0.25) is 0 Å². The van der Waals surface area contributed by atoms with Gasteiger partial charge in [0.1, 0.15) is 0 Å². The molecule has 0 aromatic carbocycles. The zero-order chi connectivity index (χ0) is 12.7. The third kappa shape index (κ3) is 3.91. The van der Waals surface area contributed by atoms with Crippen LogP contribution in [0.5, 0.6) is 0 Å². The van der Waals surface area contributed by atoms with Crippen molar-refractivity contribution in [3.63, 3.8) is 0 Å². The summed E-state index contributed by atoms with van der Waals surface area (Å²) in [5.41, 5.74) is 0.610. The quantitative estimate of drug-likeness (QED) is 0.502. The summed E-state index contributed by atoms with van der Waals surface area (Å²) in [5.74, 6) is 0. The number of rotatable bonds is 7. The Morgan fingerprint density at radius 2 is 1.29 bits per heavy atom. The van der Waals surface area contributed by atoms with Crippen LogP contribution in [-0.4, -0.2) is 41.2 Å². The monoisotopic (exact) mass is 254 g/mol. The van der Waals surface area contributed by atoms with Gasteiger partial charge in [-0.1, -0.05) is 52.0 Å². The SMILES string of the molecule is CCN(CC)P(C1C=CCC=C1)N(CC)CC. The van der Waals surface area contributed by atoms with E-state index in [0.29, 0.717) is 5.66 Å². The summed E-state index contributed by atoms with van der Waals surface area (Å²) in [6.45, 7) is 13.7. The van der Waals surface area contributed by atoms with Crippen LogP contribution in [0.3, 0.4) is 0 Å². The van der Waals surface area contributed by atoms with Crippen LogP contribution in [0.1, 0.15) is 34.1 Å². The highest BCUT2D eigenvalue weighted by Gasteiger charge is 2.27. The van der Waals surface area contributed by atoms with Crippen molar-refractivity contribution in [3.8, 4) is 0 Å². The molecular formula is C14H27N2P. The average Bonchev–Trinajstić information content (AvgIpc) is 2.40. The zero-order valence-electron chi connectivity index (χ0n) is 11.8. The molecule has 0 radical (unpaired) electrons. The van der Waals surface area contributed by atoms with Crippen LogP contribution < -0.4 is 0 Å². The molecule has 98 valence electrons. The van der Waals surface area contributed by atoms with Crippen molar-refractivity contribution in [2.45, 2.75) is 39.8 Å². The molecule has 0 amide bonds. The summed E-state index contributed by atoms with van der Waals surface area (Å²) in [5, 5.41) is 0. The Balaban J connectivity index is 2.86. The maximum atomic E-state index is 2.63. The fraction of sp³-hybridized carbons (Fsp3) is 0.714. The van der Waals surface area contributed by atoms with Gasteiger partial charge in [-0.15, -0.1) is 0 Å². The van der Waals surface area contributed by atoms with Crippen LogP contribution in [0.15, 0.2) is 24.3 Å². The number of hydrogen-bond donors (Lipinski definition) is 0. The first-order valence-electron chi connectivity index (χ1n) is 6.90. The van der Waals surface area contributed by atoms with Crippen molar-refractivity contribution in [3.05, 3.63) is 24.3 Å². The van der Waals surface area contributed by atoms with E-state index < -0.39 is 0 Å². The maximum Gasteiger partial charge on any atom is 0.0506 e. The third-order valence-electron chi connectivity index (χ3n) is 3.25. The zero-order valence-corrected chi connectivity index (χ0v) is 12.7. The molecule has 1 aliphatic carbocycles. The van der Waals surface area contributed by atoms with Gasteiger partial charge < -0.3 is 0 Å². The number of hydrogen-bond acceptors (Lipinski definition) is 2. The molecule has 3 heteroatoms. The number of allylic oxidation sites excluding steroid dienone is 4. The van der Waals surface area contributed by atoms with Crippen molar-refractivity contribution in [2.75, 3.05) is 26.2 Å². The summed E-state index contributed by atoms with van der Waals surface area (Å²) in [6.07, 6.45) is 10.5. The van der Waals surface area contributed by atoms with Crippen LogP contribution in [0.25, 0.3) is 0 Å². The van der Waals surface area contributed by atoms with Crippen LogP contribution >= 0.6 is 8.22 Å². The molecule has 1 rings (SSSR count). The summed E-state index contributed by atoms with van der Waals surface area (Å²) in [6, 6.07) is 0. The fourth-order valence-corrected chi connectivity index (χ4v) is 5.14. The summed E-state index contributed by atoms with van der Waals surface area (Å²) in [4.78, 5) is 0. The average molecular weight is 254 g/mol. The van der Waals surface area contributed by atoms with Gasteiger partial charge in [0.05, 0.1) is 8.22 Å². The molecule has 0 fully saturated rings. The second kappa shape index (κ2) is 8.02. The Morgan fingerprint density at radius 1 is 0.882 bits per heavy atom. The van der Waals surface area contributed by atoms with Crippen LogP contribution in [-0.2, 0) is 0 Å². The van der Waals surface area contributed by atoms with E-state index in [2.05, 4.69) is 61.3 Å². The Bertz CT molecular complexity index is 231. The predicted molar refractivity (Wildman–Crippen MR) is 79.4 cm³/mol. The van der Waals surface area contributed by atoms with Gasteiger partial charge in [0, 0.05) is 31.8 Å². The summed E-state index contributed by atoms with van der Waals surface area (Å²) in [7, 11) is -0.213. The van der Waals surface area contributed by atoms with Gasteiger partial charge in [-0.3, -0.25) is 9.34 Å². The first-order chi connectivity index (χ1) is 8.28. The standard InChI is InChI=1S/C14H27N2P/c1-5-15(6-2)17(16(7-3)8-4)14-12-10-9-11-13-14/h10-14H,5-9H2,1-4H3. The molecule has 0 saturated carbocycles. The highest BCUT2D eigenvalue weighted by molar-refractivity contribution is 7.53. The van der Waals surface area contributed by atoms with Gasteiger partial charge in [0.15, 0.2) is 0 Å². The Morgan fingerprint density at radius 3 is 1.65 bits per heavy atom.